The molecule has 0 fully saturated rings. The van der Waals surface area contributed by atoms with E-state index in [1.807, 2.05) is 30.9 Å². The molecule has 1 N–H and O–H groups in total. The van der Waals surface area contributed by atoms with Gasteiger partial charge in [-0.25, -0.2) is 4.98 Å². The minimum absolute atomic E-state index is 0.286. The Morgan fingerprint density at radius 2 is 2.38 bits per heavy atom. The zero-order valence-corrected chi connectivity index (χ0v) is 10.6. The Hall–Kier alpha value is -1.20. The van der Waals surface area contributed by atoms with Crippen molar-refractivity contribution >= 4 is 11.3 Å². The van der Waals surface area contributed by atoms with E-state index in [1.54, 1.807) is 11.3 Å². The van der Waals surface area contributed by atoms with Crippen LogP contribution < -0.4 is 5.32 Å². The molecule has 0 aliphatic carbocycles. The lowest BCUT2D eigenvalue weighted by Gasteiger charge is -2.10. The Kier molecular flexibility index (Phi) is 3.36. The van der Waals surface area contributed by atoms with E-state index in [4.69, 9.17) is 0 Å². The fourth-order valence-corrected chi connectivity index (χ4v) is 2.32. The van der Waals surface area contributed by atoms with Crippen molar-refractivity contribution in [1.29, 1.82) is 0 Å². The predicted molar refractivity (Wildman–Crippen MR) is 65.3 cm³/mol. The van der Waals surface area contributed by atoms with Crippen LogP contribution in [0, 0.1) is 6.92 Å². The maximum atomic E-state index is 4.47. The Morgan fingerprint density at radius 3 is 2.94 bits per heavy atom. The molecule has 2 rings (SSSR count). The molecule has 4 nitrogen and oxygen atoms in total. The van der Waals surface area contributed by atoms with Crippen LogP contribution in [0.1, 0.15) is 29.4 Å². The summed E-state index contributed by atoms with van der Waals surface area (Å²) in [7, 11) is 1.95. The number of aryl methyl sites for hydroxylation is 2. The highest BCUT2D eigenvalue weighted by Gasteiger charge is 2.09. The summed E-state index contributed by atoms with van der Waals surface area (Å²) in [5.74, 6) is 0. The molecule has 0 spiro atoms. The summed E-state index contributed by atoms with van der Waals surface area (Å²) in [5.41, 5.74) is 2.27. The summed E-state index contributed by atoms with van der Waals surface area (Å²) < 4.78 is 1.88. The van der Waals surface area contributed by atoms with Gasteiger partial charge in [0.05, 0.1) is 11.7 Å². The lowest BCUT2D eigenvalue weighted by atomic mass is 10.3. The third-order valence-corrected chi connectivity index (χ3v) is 3.66. The van der Waals surface area contributed by atoms with Gasteiger partial charge in [0, 0.05) is 30.9 Å². The van der Waals surface area contributed by atoms with Crippen LogP contribution in [0.5, 0.6) is 0 Å². The molecular formula is C11H16N4S. The molecule has 2 aromatic rings. The van der Waals surface area contributed by atoms with Crippen molar-refractivity contribution in [2.45, 2.75) is 26.4 Å². The smallest absolute Gasteiger partial charge is 0.110 e. The third-order valence-electron chi connectivity index (χ3n) is 2.52. The van der Waals surface area contributed by atoms with E-state index in [-0.39, 0.29) is 6.04 Å². The Morgan fingerprint density at radius 1 is 1.56 bits per heavy atom. The number of hydrogen-bond acceptors (Lipinski definition) is 4. The van der Waals surface area contributed by atoms with E-state index in [9.17, 15) is 0 Å². The monoisotopic (exact) mass is 236 g/mol. The summed E-state index contributed by atoms with van der Waals surface area (Å²) >= 11 is 1.70. The molecule has 0 bridgehead atoms. The van der Waals surface area contributed by atoms with Crippen LogP contribution in [0.4, 0.5) is 0 Å². The minimum atomic E-state index is 0.286. The second kappa shape index (κ2) is 4.76. The van der Waals surface area contributed by atoms with Crippen LogP contribution >= 0.6 is 11.3 Å². The molecule has 0 radical (unpaired) electrons. The molecular weight excluding hydrogens is 220 g/mol. The molecule has 16 heavy (non-hydrogen) atoms. The molecule has 0 aliphatic heterocycles. The molecule has 2 aromatic heterocycles. The van der Waals surface area contributed by atoms with Crippen molar-refractivity contribution in [3.8, 4) is 0 Å². The van der Waals surface area contributed by atoms with E-state index < -0.39 is 0 Å². The molecule has 0 saturated heterocycles. The number of rotatable bonds is 4. The quantitative estimate of drug-likeness (QED) is 0.883. The van der Waals surface area contributed by atoms with Gasteiger partial charge in [0.2, 0.25) is 0 Å². The average Bonchev–Trinajstić information content (AvgIpc) is 2.84. The van der Waals surface area contributed by atoms with Crippen LogP contribution in [0.15, 0.2) is 17.6 Å². The Balaban J connectivity index is 1.93. The van der Waals surface area contributed by atoms with Crippen molar-refractivity contribution in [2.75, 3.05) is 0 Å². The summed E-state index contributed by atoms with van der Waals surface area (Å²) in [6.45, 7) is 4.97. The number of nitrogens with one attached hydrogen (secondary N) is 1. The van der Waals surface area contributed by atoms with Crippen LogP contribution in [0.25, 0.3) is 0 Å². The summed E-state index contributed by atoms with van der Waals surface area (Å²) in [6, 6.07) is 2.31. The molecule has 5 heteroatoms. The van der Waals surface area contributed by atoms with Crippen LogP contribution in [0.2, 0.25) is 0 Å². The highest BCUT2D eigenvalue weighted by molar-refractivity contribution is 7.09. The first-order chi connectivity index (χ1) is 7.66. The van der Waals surface area contributed by atoms with Gasteiger partial charge in [0.25, 0.3) is 0 Å². The Labute approximate surface area is 99.3 Å². The first-order valence-corrected chi connectivity index (χ1v) is 6.17. The molecule has 0 amide bonds. The van der Waals surface area contributed by atoms with Gasteiger partial charge in [-0.2, -0.15) is 5.10 Å². The second-order valence-corrected chi connectivity index (χ2v) is 4.77. The molecule has 2 heterocycles. The zero-order chi connectivity index (χ0) is 11.5. The number of thiazole rings is 1. The summed E-state index contributed by atoms with van der Waals surface area (Å²) in [5, 5.41) is 10.8. The average molecular weight is 236 g/mol. The largest absolute Gasteiger partial charge is 0.302 e. The lowest BCUT2D eigenvalue weighted by molar-refractivity contribution is 0.545. The SMILES string of the molecule is Cc1csc(C(C)NCc2ccnn2C)n1. The number of hydrogen-bond donors (Lipinski definition) is 1. The van der Waals surface area contributed by atoms with E-state index in [0.29, 0.717) is 0 Å². The van der Waals surface area contributed by atoms with Crippen molar-refractivity contribution in [2.24, 2.45) is 7.05 Å². The topological polar surface area (TPSA) is 42.7 Å². The first-order valence-electron chi connectivity index (χ1n) is 5.29. The predicted octanol–water partition coefficient (Wildman–Crippen LogP) is 2.04. The first kappa shape index (κ1) is 11.3. The maximum Gasteiger partial charge on any atom is 0.110 e. The number of nitrogens with zero attached hydrogens (tertiary/aromatic N) is 3. The van der Waals surface area contributed by atoms with Gasteiger partial charge in [-0.15, -0.1) is 11.3 Å². The highest BCUT2D eigenvalue weighted by Crippen LogP contribution is 2.17. The maximum absolute atomic E-state index is 4.47. The van der Waals surface area contributed by atoms with Gasteiger partial charge in [-0.3, -0.25) is 4.68 Å². The van der Waals surface area contributed by atoms with Crippen molar-refractivity contribution in [3.05, 3.63) is 34.0 Å². The van der Waals surface area contributed by atoms with Gasteiger partial charge in [0.15, 0.2) is 0 Å². The minimum Gasteiger partial charge on any atom is -0.302 e. The summed E-state index contributed by atoms with van der Waals surface area (Å²) in [4.78, 5) is 4.47. The lowest BCUT2D eigenvalue weighted by Crippen LogP contribution is -2.19. The standard InChI is InChI=1S/C11H16N4S/c1-8-7-16-11(14-8)9(2)12-6-10-4-5-13-15(10)3/h4-5,7,9,12H,6H2,1-3H3. The Bertz CT molecular complexity index is 460. The fraction of sp³-hybridized carbons (Fsp3) is 0.455. The van der Waals surface area contributed by atoms with E-state index in [2.05, 4.69) is 27.7 Å². The van der Waals surface area contributed by atoms with Crippen LogP contribution in [-0.4, -0.2) is 14.8 Å². The highest BCUT2D eigenvalue weighted by atomic mass is 32.1. The second-order valence-electron chi connectivity index (χ2n) is 3.88. The fourth-order valence-electron chi connectivity index (χ4n) is 1.49. The van der Waals surface area contributed by atoms with Crippen molar-refractivity contribution in [1.82, 2.24) is 20.1 Å². The summed E-state index contributed by atoms with van der Waals surface area (Å²) in [6.07, 6.45) is 1.81. The van der Waals surface area contributed by atoms with Gasteiger partial charge in [-0.05, 0) is 19.9 Å². The van der Waals surface area contributed by atoms with Gasteiger partial charge >= 0.3 is 0 Å². The van der Waals surface area contributed by atoms with Gasteiger partial charge in [-0.1, -0.05) is 0 Å². The van der Waals surface area contributed by atoms with E-state index in [0.717, 1.165) is 17.2 Å². The van der Waals surface area contributed by atoms with Crippen molar-refractivity contribution < 1.29 is 0 Å². The van der Waals surface area contributed by atoms with Crippen molar-refractivity contribution in [3.63, 3.8) is 0 Å². The molecule has 1 atom stereocenters. The zero-order valence-electron chi connectivity index (χ0n) is 9.77. The normalized spacial score (nSPS) is 12.9. The third kappa shape index (κ3) is 2.48. The molecule has 86 valence electrons. The van der Waals surface area contributed by atoms with E-state index in [1.165, 1.54) is 5.69 Å². The number of aromatic nitrogens is 3. The van der Waals surface area contributed by atoms with Crippen LogP contribution in [0.3, 0.4) is 0 Å². The molecule has 0 aromatic carbocycles. The molecule has 0 saturated carbocycles. The molecule has 1 unspecified atom stereocenters. The van der Waals surface area contributed by atoms with Crippen LogP contribution in [-0.2, 0) is 13.6 Å². The molecule has 0 aliphatic rings. The van der Waals surface area contributed by atoms with Gasteiger partial charge < -0.3 is 5.32 Å². The van der Waals surface area contributed by atoms with E-state index >= 15 is 0 Å². The van der Waals surface area contributed by atoms with Gasteiger partial charge in [0.1, 0.15) is 5.01 Å².